The monoisotopic (exact) mass is 429 g/mol. The van der Waals surface area contributed by atoms with Gasteiger partial charge in [0.15, 0.2) is 0 Å². The largest absolute Gasteiger partial charge is 0.378 e. The number of hydrogen-bond donors (Lipinski definition) is 2. The average molecular weight is 429 g/mol. The van der Waals surface area contributed by atoms with Gasteiger partial charge in [-0.3, -0.25) is 4.79 Å². The van der Waals surface area contributed by atoms with Gasteiger partial charge in [0, 0.05) is 30.7 Å². The molecule has 6 nitrogen and oxygen atoms in total. The van der Waals surface area contributed by atoms with Crippen LogP contribution in [0.2, 0.25) is 0 Å². The second-order valence-corrected chi connectivity index (χ2v) is 7.98. The SMILES string of the molecule is O=C(Nc1cccc(F)c1)N[C@@H]1C[C@H](C(=O)N2CCOCC2)[C@@H](c2ccc(F)cc2)C1. The van der Waals surface area contributed by atoms with Gasteiger partial charge in [-0.05, 0) is 54.7 Å². The molecule has 0 bridgehead atoms. The minimum Gasteiger partial charge on any atom is -0.378 e. The summed E-state index contributed by atoms with van der Waals surface area (Å²) >= 11 is 0. The second-order valence-electron chi connectivity index (χ2n) is 7.98. The molecular weight excluding hydrogens is 404 g/mol. The molecule has 2 fully saturated rings. The first-order valence-corrected chi connectivity index (χ1v) is 10.4. The van der Waals surface area contributed by atoms with Crippen LogP contribution in [0.4, 0.5) is 19.3 Å². The normalized spacial score (nSPS) is 23.4. The number of ether oxygens (including phenoxy) is 1. The molecule has 1 aliphatic carbocycles. The minimum atomic E-state index is -0.451. The van der Waals surface area contributed by atoms with Gasteiger partial charge < -0.3 is 20.3 Å². The van der Waals surface area contributed by atoms with E-state index in [-0.39, 0.29) is 29.6 Å². The second kappa shape index (κ2) is 9.43. The lowest BCUT2D eigenvalue weighted by molar-refractivity contribution is -0.140. The molecule has 4 rings (SSSR count). The number of carbonyl (C=O) groups excluding carboxylic acids is 2. The Morgan fingerprint density at radius 1 is 0.968 bits per heavy atom. The van der Waals surface area contributed by atoms with Crippen molar-refractivity contribution in [2.75, 3.05) is 31.6 Å². The van der Waals surface area contributed by atoms with Crippen molar-refractivity contribution in [2.24, 2.45) is 5.92 Å². The molecule has 164 valence electrons. The standard InChI is InChI=1S/C23H25F2N3O3/c24-16-6-4-15(5-7-16)20-13-19(14-21(20)22(29)28-8-10-31-11-9-28)27-23(30)26-18-3-1-2-17(25)12-18/h1-7,12,19-21H,8-11,13-14H2,(H2,26,27,30)/t19-,20+,21-/m0/s1. The lowest BCUT2D eigenvalue weighted by Gasteiger charge is -2.31. The molecule has 0 unspecified atom stereocenters. The van der Waals surface area contributed by atoms with Gasteiger partial charge in [0.1, 0.15) is 11.6 Å². The number of halogens is 2. The summed E-state index contributed by atoms with van der Waals surface area (Å²) in [6, 6.07) is 11.2. The zero-order valence-electron chi connectivity index (χ0n) is 17.0. The Morgan fingerprint density at radius 3 is 2.42 bits per heavy atom. The maximum atomic E-state index is 13.4. The molecule has 3 amide bonds. The Hall–Kier alpha value is -3.00. The molecule has 1 heterocycles. The summed E-state index contributed by atoms with van der Waals surface area (Å²) in [5.41, 5.74) is 1.23. The molecule has 2 aliphatic rings. The summed E-state index contributed by atoms with van der Waals surface area (Å²) in [5.74, 6) is -1.18. The van der Waals surface area contributed by atoms with Crippen molar-refractivity contribution < 1.29 is 23.1 Å². The maximum Gasteiger partial charge on any atom is 0.319 e. The third-order valence-electron chi connectivity index (χ3n) is 5.92. The highest BCUT2D eigenvalue weighted by molar-refractivity contribution is 5.89. The van der Waals surface area contributed by atoms with Crippen LogP contribution in [0, 0.1) is 17.6 Å². The number of rotatable bonds is 4. The first kappa shape index (κ1) is 21.2. The van der Waals surface area contributed by atoms with Gasteiger partial charge in [-0.15, -0.1) is 0 Å². The summed E-state index contributed by atoms with van der Waals surface area (Å²) in [4.78, 5) is 27.5. The average Bonchev–Trinajstić information content (AvgIpc) is 3.18. The van der Waals surface area contributed by atoms with Gasteiger partial charge in [0.25, 0.3) is 0 Å². The van der Waals surface area contributed by atoms with Crippen molar-refractivity contribution >= 4 is 17.6 Å². The van der Waals surface area contributed by atoms with Crippen LogP contribution in [0.15, 0.2) is 48.5 Å². The highest BCUT2D eigenvalue weighted by Gasteiger charge is 2.42. The first-order chi connectivity index (χ1) is 15.0. The molecule has 2 aromatic carbocycles. The van der Waals surface area contributed by atoms with Crippen molar-refractivity contribution in [1.29, 1.82) is 0 Å². The molecule has 8 heteroatoms. The van der Waals surface area contributed by atoms with Gasteiger partial charge in [-0.25, -0.2) is 13.6 Å². The Bertz CT molecular complexity index is 932. The Morgan fingerprint density at radius 2 is 1.71 bits per heavy atom. The Labute approximate surface area is 179 Å². The highest BCUT2D eigenvalue weighted by Crippen LogP contribution is 2.41. The van der Waals surface area contributed by atoms with E-state index in [0.29, 0.717) is 44.8 Å². The topological polar surface area (TPSA) is 70.7 Å². The molecule has 3 atom stereocenters. The lowest BCUT2D eigenvalue weighted by Crippen LogP contribution is -2.44. The van der Waals surface area contributed by atoms with Gasteiger partial charge in [0.2, 0.25) is 5.91 Å². The predicted molar refractivity (Wildman–Crippen MR) is 112 cm³/mol. The van der Waals surface area contributed by atoms with E-state index in [9.17, 15) is 18.4 Å². The molecule has 2 N–H and O–H groups in total. The smallest absolute Gasteiger partial charge is 0.319 e. The molecule has 31 heavy (non-hydrogen) atoms. The van der Waals surface area contributed by atoms with Gasteiger partial charge in [-0.2, -0.15) is 0 Å². The van der Waals surface area contributed by atoms with Crippen LogP contribution < -0.4 is 10.6 Å². The number of amides is 3. The number of carbonyl (C=O) groups is 2. The number of morpholine rings is 1. The van der Waals surface area contributed by atoms with E-state index in [2.05, 4.69) is 10.6 Å². The molecular formula is C23H25F2N3O3. The molecule has 1 aliphatic heterocycles. The third-order valence-corrected chi connectivity index (χ3v) is 5.92. The fraction of sp³-hybridized carbons (Fsp3) is 0.391. The number of anilines is 1. The summed E-state index contributed by atoms with van der Waals surface area (Å²) in [6.07, 6.45) is 1.04. The number of urea groups is 1. The van der Waals surface area contributed by atoms with E-state index in [1.807, 2.05) is 0 Å². The quantitative estimate of drug-likeness (QED) is 0.782. The Kier molecular flexibility index (Phi) is 6.46. The van der Waals surface area contributed by atoms with E-state index in [1.165, 1.54) is 30.3 Å². The maximum absolute atomic E-state index is 13.4. The number of benzene rings is 2. The minimum absolute atomic E-state index is 0.0347. The number of nitrogens with one attached hydrogen (secondary N) is 2. The predicted octanol–water partition coefficient (Wildman–Crippen LogP) is 3.51. The summed E-state index contributed by atoms with van der Waals surface area (Å²) < 4.78 is 32.1. The van der Waals surface area contributed by atoms with Crippen LogP contribution in [0.1, 0.15) is 24.3 Å². The molecule has 2 aromatic rings. The van der Waals surface area contributed by atoms with Crippen LogP contribution in [0.5, 0.6) is 0 Å². The number of nitrogens with zero attached hydrogens (tertiary/aromatic N) is 1. The van der Waals surface area contributed by atoms with E-state index in [0.717, 1.165) is 5.56 Å². The van der Waals surface area contributed by atoms with Gasteiger partial charge >= 0.3 is 6.03 Å². The van der Waals surface area contributed by atoms with Gasteiger partial charge in [0.05, 0.1) is 13.2 Å². The van der Waals surface area contributed by atoms with E-state index in [4.69, 9.17) is 4.74 Å². The van der Waals surface area contributed by atoms with Gasteiger partial charge in [-0.1, -0.05) is 18.2 Å². The molecule has 0 aromatic heterocycles. The van der Waals surface area contributed by atoms with Crippen LogP contribution in [-0.4, -0.2) is 49.2 Å². The van der Waals surface area contributed by atoms with Crippen molar-refractivity contribution in [3.63, 3.8) is 0 Å². The molecule has 1 saturated heterocycles. The zero-order chi connectivity index (χ0) is 21.8. The van der Waals surface area contributed by atoms with Crippen molar-refractivity contribution in [3.8, 4) is 0 Å². The third kappa shape index (κ3) is 5.19. The molecule has 0 radical (unpaired) electrons. The summed E-state index contributed by atoms with van der Waals surface area (Å²) in [6.45, 7) is 2.11. The fourth-order valence-electron chi connectivity index (χ4n) is 4.44. The van der Waals surface area contributed by atoms with Crippen molar-refractivity contribution in [3.05, 3.63) is 65.7 Å². The lowest BCUT2D eigenvalue weighted by atomic mass is 9.88. The Balaban J connectivity index is 1.47. The van der Waals surface area contributed by atoms with Crippen LogP contribution in [-0.2, 0) is 9.53 Å². The molecule has 1 saturated carbocycles. The van der Waals surface area contributed by atoms with Crippen molar-refractivity contribution in [2.45, 2.75) is 24.8 Å². The fourth-order valence-corrected chi connectivity index (χ4v) is 4.44. The number of hydrogen-bond acceptors (Lipinski definition) is 3. The summed E-state index contributed by atoms with van der Waals surface area (Å²) in [7, 11) is 0. The highest BCUT2D eigenvalue weighted by atomic mass is 19.1. The first-order valence-electron chi connectivity index (χ1n) is 10.4. The van der Waals surface area contributed by atoms with Crippen LogP contribution >= 0.6 is 0 Å². The zero-order valence-corrected chi connectivity index (χ0v) is 17.0. The summed E-state index contributed by atoms with van der Waals surface area (Å²) in [5, 5.41) is 5.53. The van der Waals surface area contributed by atoms with Crippen LogP contribution in [0.3, 0.4) is 0 Å². The van der Waals surface area contributed by atoms with E-state index >= 15 is 0 Å². The van der Waals surface area contributed by atoms with Crippen LogP contribution in [0.25, 0.3) is 0 Å². The van der Waals surface area contributed by atoms with E-state index < -0.39 is 11.8 Å². The molecule has 0 spiro atoms. The van der Waals surface area contributed by atoms with Crippen molar-refractivity contribution in [1.82, 2.24) is 10.2 Å². The van der Waals surface area contributed by atoms with E-state index in [1.54, 1.807) is 23.1 Å².